The van der Waals surface area contributed by atoms with Gasteiger partial charge in [-0.15, -0.1) is 0 Å². The van der Waals surface area contributed by atoms with Gasteiger partial charge in [0, 0.05) is 70.8 Å². The third kappa shape index (κ3) is 7.67. The summed E-state index contributed by atoms with van der Waals surface area (Å²) in [7, 11) is 0. The number of carbonyl (C=O) groups excluding carboxylic acids is 1. The van der Waals surface area contributed by atoms with Crippen LogP contribution in [0.1, 0.15) is 16.1 Å². The second-order valence-electron chi connectivity index (χ2n) is 11.1. The number of hydrogen-bond donors (Lipinski definition) is 2. The van der Waals surface area contributed by atoms with E-state index in [1.54, 1.807) is 18.5 Å². The number of carboxylic acids is 1. The summed E-state index contributed by atoms with van der Waals surface area (Å²) in [5.74, 6) is 1.10. The second-order valence-corrected chi connectivity index (χ2v) is 11.1. The number of pyridine rings is 2. The van der Waals surface area contributed by atoms with Gasteiger partial charge < -0.3 is 34.8 Å². The Morgan fingerprint density at radius 3 is 1.80 bits per heavy atom. The van der Waals surface area contributed by atoms with Crippen molar-refractivity contribution in [3.05, 3.63) is 96.4 Å². The van der Waals surface area contributed by atoms with Crippen LogP contribution in [-0.4, -0.2) is 102 Å². The molecule has 2 N–H and O–H groups in total. The molecule has 13 nitrogen and oxygen atoms in total. The van der Waals surface area contributed by atoms with E-state index in [1.165, 1.54) is 0 Å². The highest BCUT2D eigenvalue weighted by Gasteiger charge is 2.27. The van der Waals surface area contributed by atoms with Gasteiger partial charge in [-0.3, -0.25) is 4.79 Å². The first-order valence-corrected chi connectivity index (χ1v) is 15.4. The zero-order valence-corrected chi connectivity index (χ0v) is 25.5. The van der Waals surface area contributed by atoms with Crippen molar-refractivity contribution in [3.8, 4) is 0 Å². The SMILES string of the molecule is O=C(N[C@@H](COCc1ccccc1)C(=O)O)c1cc(N2CCN(c3ccccn3)CC2)nc(N2CCN(c3ccccn3)CC2)n1. The molecule has 2 aliphatic rings. The van der Waals surface area contributed by atoms with Crippen molar-refractivity contribution in [2.45, 2.75) is 12.6 Å². The van der Waals surface area contributed by atoms with Gasteiger partial charge in [0.05, 0.1) is 13.2 Å². The highest BCUT2D eigenvalue weighted by molar-refractivity contribution is 5.96. The average Bonchev–Trinajstić information content (AvgIpc) is 3.12. The van der Waals surface area contributed by atoms with Crippen LogP contribution in [-0.2, 0) is 16.1 Å². The third-order valence-corrected chi connectivity index (χ3v) is 8.05. The summed E-state index contributed by atoms with van der Waals surface area (Å²) in [5, 5.41) is 12.5. The largest absolute Gasteiger partial charge is 0.480 e. The third-order valence-electron chi connectivity index (χ3n) is 8.05. The smallest absolute Gasteiger partial charge is 0.328 e. The molecule has 2 aliphatic heterocycles. The molecule has 1 aromatic carbocycles. The summed E-state index contributed by atoms with van der Waals surface area (Å²) in [6, 6.07) is 21.6. The molecule has 0 aliphatic carbocycles. The summed E-state index contributed by atoms with van der Waals surface area (Å²) in [5.41, 5.74) is 1.02. The number of aromatic nitrogens is 4. The number of benzene rings is 1. The number of carboxylic acid groups (broad SMARTS) is 1. The van der Waals surface area contributed by atoms with Crippen molar-refractivity contribution >= 4 is 35.3 Å². The Bertz CT molecular complexity index is 1500. The Morgan fingerprint density at radius 1 is 0.717 bits per heavy atom. The number of ether oxygens (including phenoxy) is 1. The van der Waals surface area contributed by atoms with Crippen LogP contribution < -0.4 is 24.9 Å². The summed E-state index contributed by atoms with van der Waals surface area (Å²) >= 11 is 0. The van der Waals surface area contributed by atoms with Crippen molar-refractivity contribution in [2.24, 2.45) is 0 Å². The molecule has 6 rings (SSSR count). The van der Waals surface area contributed by atoms with Crippen LogP contribution >= 0.6 is 0 Å². The number of nitrogens with one attached hydrogen (secondary N) is 1. The molecule has 0 saturated carbocycles. The van der Waals surface area contributed by atoms with Crippen LogP contribution in [0.25, 0.3) is 0 Å². The molecule has 0 radical (unpaired) electrons. The molecule has 0 spiro atoms. The first kappa shape index (κ1) is 30.7. The van der Waals surface area contributed by atoms with E-state index in [9.17, 15) is 14.7 Å². The van der Waals surface area contributed by atoms with Gasteiger partial charge in [-0.05, 0) is 29.8 Å². The zero-order valence-electron chi connectivity index (χ0n) is 25.5. The van der Waals surface area contributed by atoms with E-state index in [0.717, 1.165) is 30.3 Å². The number of rotatable bonds is 11. The van der Waals surface area contributed by atoms with Crippen LogP contribution in [0.5, 0.6) is 0 Å². The number of hydrogen-bond acceptors (Lipinski definition) is 11. The maximum atomic E-state index is 13.5. The maximum absolute atomic E-state index is 13.5. The molecule has 3 aromatic heterocycles. The highest BCUT2D eigenvalue weighted by Crippen LogP contribution is 2.23. The Labute approximate surface area is 267 Å². The van der Waals surface area contributed by atoms with Crippen LogP contribution in [0.15, 0.2) is 85.2 Å². The number of amides is 1. The monoisotopic (exact) mass is 623 g/mol. The minimum atomic E-state index is -1.25. The van der Waals surface area contributed by atoms with E-state index < -0.39 is 17.9 Å². The van der Waals surface area contributed by atoms with Crippen LogP contribution in [0.3, 0.4) is 0 Å². The van der Waals surface area contributed by atoms with Gasteiger partial charge in [0.15, 0.2) is 6.04 Å². The molecule has 1 amide bonds. The lowest BCUT2D eigenvalue weighted by Gasteiger charge is -2.37. The minimum Gasteiger partial charge on any atom is -0.480 e. The average molecular weight is 624 g/mol. The van der Waals surface area contributed by atoms with E-state index in [2.05, 4.69) is 39.9 Å². The number of anilines is 4. The van der Waals surface area contributed by atoms with Crippen molar-refractivity contribution < 1.29 is 19.4 Å². The molecule has 5 heterocycles. The molecular formula is C33H37N9O4. The van der Waals surface area contributed by atoms with Crippen LogP contribution in [0.2, 0.25) is 0 Å². The van der Waals surface area contributed by atoms with E-state index >= 15 is 0 Å². The van der Waals surface area contributed by atoms with Crippen molar-refractivity contribution in [1.29, 1.82) is 0 Å². The van der Waals surface area contributed by atoms with E-state index in [1.807, 2.05) is 66.7 Å². The molecule has 2 fully saturated rings. The van der Waals surface area contributed by atoms with Gasteiger partial charge in [0.25, 0.3) is 5.91 Å². The molecular weight excluding hydrogens is 586 g/mol. The van der Waals surface area contributed by atoms with Gasteiger partial charge in [-0.1, -0.05) is 42.5 Å². The number of aliphatic carboxylic acids is 1. The van der Waals surface area contributed by atoms with E-state index in [4.69, 9.17) is 9.72 Å². The van der Waals surface area contributed by atoms with Crippen LogP contribution in [0.4, 0.5) is 23.4 Å². The fraction of sp³-hybridized carbons (Fsp3) is 0.333. The summed E-state index contributed by atoms with van der Waals surface area (Å²) in [6.45, 7) is 5.58. The molecule has 0 bridgehead atoms. The van der Waals surface area contributed by atoms with Gasteiger partial charge >= 0.3 is 5.97 Å². The van der Waals surface area contributed by atoms with Crippen molar-refractivity contribution in [3.63, 3.8) is 0 Å². The van der Waals surface area contributed by atoms with Gasteiger partial charge in [-0.25, -0.2) is 19.7 Å². The Morgan fingerprint density at radius 2 is 1.26 bits per heavy atom. The summed E-state index contributed by atoms with van der Waals surface area (Å²) < 4.78 is 5.65. The summed E-state index contributed by atoms with van der Waals surface area (Å²) in [6.07, 6.45) is 3.57. The number of piperazine rings is 2. The topological polar surface area (TPSA) is 140 Å². The van der Waals surface area contributed by atoms with E-state index in [0.29, 0.717) is 51.0 Å². The molecule has 1 atom stereocenters. The second kappa shape index (κ2) is 14.7. The van der Waals surface area contributed by atoms with Gasteiger partial charge in [-0.2, -0.15) is 4.98 Å². The highest BCUT2D eigenvalue weighted by atomic mass is 16.5. The molecule has 2 saturated heterocycles. The molecule has 0 unspecified atom stereocenters. The fourth-order valence-electron chi connectivity index (χ4n) is 5.50. The Kier molecular flexibility index (Phi) is 9.78. The normalized spacial score (nSPS) is 15.8. The quantitative estimate of drug-likeness (QED) is 0.253. The predicted molar refractivity (Wildman–Crippen MR) is 174 cm³/mol. The molecule has 46 heavy (non-hydrogen) atoms. The first-order chi connectivity index (χ1) is 22.5. The first-order valence-electron chi connectivity index (χ1n) is 15.4. The minimum absolute atomic E-state index is 0.105. The fourth-order valence-corrected chi connectivity index (χ4v) is 5.50. The number of carbonyl (C=O) groups is 2. The predicted octanol–water partition coefficient (Wildman–Crippen LogP) is 2.32. The maximum Gasteiger partial charge on any atom is 0.328 e. The van der Waals surface area contributed by atoms with Crippen LogP contribution in [0, 0.1) is 0 Å². The van der Waals surface area contributed by atoms with Crippen molar-refractivity contribution in [2.75, 3.05) is 78.6 Å². The molecule has 4 aromatic rings. The Balaban J connectivity index is 1.18. The van der Waals surface area contributed by atoms with Gasteiger partial charge in [0.2, 0.25) is 5.95 Å². The zero-order chi connectivity index (χ0) is 31.7. The lowest BCUT2D eigenvalue weighted by Crippen LogP contribution is -2.49. The Hall–Kier alpha value is -5.30. The standard InChI is InChI=1S/C33H37N9O4/c43-31(36-27(32(44)45)24-46-23-25-8-2-1-3-9-25)26-22-30(41-16-14-39(15-17-41)28-10-4-6-12-34-28)38-33(37-26)42-20-18-40(19-21-42)29-11-5-7-13-35-29/h1-13,22,27H,14-21,23-24H2,(H,36,43)(H,44,45)/t27-/m0/s1. The number of nitrogens with zero attached hydrogens (tertiary/aromatic N) is 8. The molecule has 238 valence electrons. The lowest BCUT2D eigenvalue weighted by molar-refractivity contribution is -0.141. The van der Waals surface area contributed by atoms with E-state index in [-0.39, 0.29) is 18.9 Å². The van der Waals surface area contributed by atoms with Crippen molar-refractivity contribution in [1.82, 2.24) is 25.3 Å². The van der Waals surface area contributed by atoms with Gasteiger partial charge in [0.1, 0.15) is 23.1 Å². The lowest BCUT2D eigenvalue weighted by atomic mass is 10.2. The molecule has 13 heteroatoms. The summed E-state index contributed by atoms with van der Waals surface area (Å²) in [4.78, 5) is 52.7.